The molecule has 6 nitrogen and oxygen atoms in total. The fourth-order valence-electron chi connectivity index (χ4n) is 1.89. The molecule has 0 saturated carbocycles. The zero-order chi connectivity index (χ0) is 16.1. The van der Waals surface area contributed by atoms with Crippen molar-refractivity contribution in [1.82, 2.24) is 5.32 Å². The Morgan fingerprint density at radius 3 is 2.45 bits per heavy atom. The van der Waals surface area contributed by atoms with E-state index in [1.54, 1.807) is 24.3 Å². The fraction of sp³-hybridized carbons (Fsp3) is 0.250. The number of amides is 2. The Kier molecular flexibility index (Phi) is 4.83. The number of carbonyl (C=O) groups excluding carboxylic acids is 2. The van der Waals surface area contributed by atoms with Crippen molar-refractivity contribution in [2.75, 3.05) is 6.61 Å². The SMILES string of the molecule is Cc1ccc([C@H](C)NC(=O)c2ccc(OCC(N)=O)cc2)o1. The summed E-state index contributed by atoms with van der Waals surface area (Å²) in [5.41, 5.74) is 5.48. The van der Waals surface area contributed by atoms with Crippen molar-refractivity contribution in [3.63, 3.8) is 0 Å². The number of aryl methyl sites for hydroxylation is 1. The maximum Gasteiger partial charge on any atom is 0.255 e. The summed E-state index contributed by atoms with van der Waals surface area (Å²) in [4.78, 5) is 22.8. The molecule has 1 atom stereocenters. The van der Waals surface area contributed by atoms with Gasteiger partial charge in [0.15, 0.2) is 6.61 Å². The van der Waals surface area contributed by atoms with E-state index in [1.165, 1.54) is 0 Å². The lowest BCUT2D eigenvalue weighted by atomic mass is 10.2. The number of nitrogens with one attached hydrogen (secondary N) is 1. The van der Waals surface area contributed by atoms with E-state index >= 15 is 0 Å². The van der Waals surface area contributed by atoms with Crippen molar-refractivity contribution in [2.45, 2.75) is 19.9 Å². The number of benzene rings is 1. The Hall–Kier alpha value is -2.76. The summed E-state index contributed by atoms with van der Waals surface area (Å²) in [6, 6.07) is 9.91. The van der Waals surface area contributed by atoms with Gasteiger partial charge in [-0.25, -0.2) is 0 Å². The molecule has 0 aliphatic carbocycles. The van der Waals surface area contributed by atoms with Crippen LogP contribution in [-0.2, 0) is 4.79 Å². The van der Waals surface area contributed by atoms with Crippen molar-refractivity contribution in [3.05, 3.63) is 53.5 Å². The first kappa shape index (κ1) is 15.6. The maximum absolute atomic E-state index is 12.1. The van der Waals surface area contributed by atoms with Crippen LogP contribution < -0.4 is 15.8 Å². The Balaban J connectivity index is 1.96. The van der Waals surface area contributed by atoms with Crippen LogP contribution in [0.5, 0.6) is 5.75 Å². The summed E-state index contributed by atoms with van der Waals surface area (Å²) in [6.45, 7) is 3.50. The van der Waals surface area contributed by atoms with Gasteiger partial charge in [-0.2, -0.15) is 0 Å². The standard InChI is InChI=1S/C16H18N2O4/c1-10-3-8-14(22-10)11(2)18-16(20)12-4-6-13(7-5-12)21-9-15(17)19/h3-8,11H,9H2,1-2H3,(H2,17,19)(H,18,20)/t11-/m0/s1. The van der Waals surface area contributed by atoms with E-state index in [9.17, 15) is 9.59 Å². The summed E-state index contributed by atoms with van der Waals surface area (Å²) in [6.07, 6.45) is 0. The van der Waals surface area contributed by atoms with Gasteiger partial charge in [-0.1, -0.05) is 0 Å². The van der Waals surface area contributed by atoms with Crippen LogP contribution in [0.3, 0.4) is 0 Å². The van der Waals surface area contributed by atoms with E-state index in [0.717, 1.165) is 5.76 Å². The van der Waals surface area contributed by atoms with E-state index in [-0.39, 0.29) is 18.6 Å². The Bertz CT molecular complexity index is 661. The normalized spacial score (nSPS) is 11.7. The highest BCUT2D eigenvalue weighted by Crippen LogP contribution is 2.17. The minimum atomic E-state index is -0.551. The second-order valence-electron chi connectivity index (χ2n) is 4.92. The smallest absolute Gasteiger partial charge is 0.255 e. The van der Waals surface area contributed by atoms with E-state index in [0.29, 0.717) is 17.1 Å². The molecule has 6 heteroatoms. The number of hydrogen-bond acceptors (Lipinski definition) is 4. The molecular weight excluding hydrogens is 284 g/mol. The molecule has 0 unspecified atom stereocenters. The predicted octanol–water partition coefficient (Wildman–Crippen LogP) is 1.94. The van der Waals surface area contributed by atoms with Crippen LogP contribution in [0.2, 0.25) is 0 Å². The van der Waals surface area contributed by atoms with Crippen LogP contribution in [0.25, 0.3) is 0 Å². The van der Waals surface area contributed by atoms with Gasteiger partial charge in [-0.15, -0.1) is 0 Å². The number of hydrogen-bond donors (Lipinski definition) is 2. The molecule has 2 aromatic rings. The number of primary amides is 1. The Morgan fingerprint density at radius 2 is 1.91 bits per heavy atom. The predicted molar refractivity (Wildman–Crippen MR) is 80.5 cm³/mol. The van der Waals surface area contributed by atoms with Gasteiger partial charge in [0, 0.05) is 5.56 Å². The number of carbonyl (C=O) groups is 2. The highest BCUT2D eigenvalue weighted by Gasteiger charge is 2.14. The Morgan fingerprint density at radius 1 is 1.23 bits per heavy atom. The molecule has 1 heterocycles. The van der Waals surface area contributed by atoms with Gasteiger partial charge in [0.1, 0.15) is 17.3 Å². The van der Waals surface area contributed by atoms with Gasteiger partial charge in [0.05, 0.1) is 6.04 Å². The molecule has 2 amide bonds. The number of rotatable bonds is 6. The highest BCUT2D eigenvalue weighted by molar-refractivity contribution is 5.94. The largest absolute Gasteiger partial charge is 0.484 e. The summed E-state index contributed by atoms with van der Waals surface area (Å²) >= 11 is 0. The van der Waals surface area contributed by atoms with Crippen molar-refractivity contribution < 1.29 is 18.7 Å². The third-order valence-electron chi connectivity index (χ3n) is 3.03. The van der Waals surface area contributed by atoms with Gasteiger partial charge in [-0.05, 0) is 50.2 Å². The van der Waals surface area contributed by atoms with Crippen molar-refractivity contribution in [3.8, 4) is 5.75 Å². The van der Waals surface area contributed by atoms with Crippen LogP contribution in [0.4, 0.5) is 0 Å². The summed E-state index contributed by atoms with van der Waals surface area (Å²) in [7, 11) is 0. The minimum Gasteiger partial charge on any atom is -0.484 e. The molecular formula is C16H18N2O4. The maximum atomic E-state index is 12.1. The molecule has 0 saturated heterocycles. The van der Waals surface area contributed by atoms with Crippen molar-refractivity contribution in [2.24, 2.45) is 5.73 Å². The summed E-state index contributed by atoms with van der Waals surface area (Å²) < 4.78 is 10.6. The van der Waals surface area contributed by atoms with Crippen LogP contribution in [0.1, 0.15) is 34.8 Å². The third kappa shape index (κ3) is 4.12. The number of furan rings is 1. The van der Waals surface area contributed by atoms with Crippen molar-refractivity contribution >= 4 is 11.8 Å². The molecule has 22 heavy (non-hydrogen) atoms. The van der Waals surface area contributed by atoms with Gasteiger partial charge >= 0.3 is 0 Å². The average molecular weight is 302 g/mol. The molecule has 2 rings (SSSR count). The first-order valence-corrected chi connectivity index (χ1v) is 6.84. The second-order valence-corrected chi connectivity index (χ2v) is 4.92. The number of nitrogens with two attached hydrogens (primary N) is 1. The van der Waals surface area contributed by atoms with Crippen molar-refractivity contribution in [1.29, 1.82) is 0 Å². The van der Waals surface area contributed by atoms with Crippen LogP contribution >= 0.6 is 0 Å². The lowest BCUT2D eigenvalue weighted by molar-refractivity contribution is -0.119. The van der Waals surface area contributed by atoms with Gasteiger partial charge in [-0.3, -0.25) is 9.59 Å². The second kappa shape index (κ2) is 6.80. The first-order valence-electron chi connectivity index (χ1n) is 6.84. The van der Waals surface area contributed by atoms with Gasteiger partial charge < -0.3 is 20.2 Å². The van der Waals surface area contributed by atoms with Crippen LogP contribution in [0.15, 0.2) is 40.8 Å². The molecule has 0 aliphatic heterocycles. The van der Waals surface area contributed by atoms with Gasteiger partial charge in [0.25, 0.3) is 11.8 Å². The fourth-order valence-corrected chi connectivity index (χ4v) is 1.89. The molecule has 0 spiro atoms. The monoisotopic (exact) mass is 302 g/mol. The van der Waals surface area contributed by atoms with Crippen LogP contribution in [0, 0.1) is 6.92 Å². The topological polar surface area (TPSA) is 94.6 Å². The van der Waals surface area contributed by atoms with E-state index in [1.807, 2.05) is 26.0 Å². The third-order valence-corrected chi connectivity index (χ3v) is 3.03. The Labute approximate surface area is 128 Å². The van der Waals surface area contributed by atoms with Gasteiger partial charge in [0.2, 0.25) is 0 Å². The molecule has 0 fully saturated rings. The lowest BCUT2D eigenvalue weighted by Crippen LogP contribution is -2.26. The summed E-state index contributed by atoms with van der Waals surface area (Å²) in [5, 5.41) is 2.85. The van der Waals surface area contributed by atoms with E-state index < -0.39 is 5.91 Å². The quantitative estimate of drug-likeness (QED) is 0.852. The molecule has 0 aliphatic rings. The summed E-state index contributed by atoms with van der Waals surface area (Å²) in [5.74, 6) is 1.21. The average Bonchev–Trinajstić information content (AvgIpc) is 2.92. The molecule has 1 aromatic heterocycles. The minimum absolute atomic E-state index is 0.194. The molecule has 0 bridgehead atoms. The highest BCUT2D eigenvalue weighted by atomic mass is 16.5. The lowest BCUT2D eigenvalue weighted by Gasteiger charge is -2.12. The molecule has 1 aromatic carbocycles. The van der Waals surface area contributed by atoms with E-state index in [4.69, 9.17) is 14.9 Å². The zero-order valence-electron chi connectivity index (χ0n) is 12.5. The van der Waals surface area contributed by atoms with Crippen LogP contribution in [-0.4, -0.2) is 18.4 Å². The number of ether oxygens (including phenoxy) is 1. The first-order chi connectivity index (χ1) is 10.5. The molecule has 3 N–H and O–H groups in total. The molecule has 116 valence electrons. The molecule has 0 radical (unpaired) electrons. The van der Waals surface area contributed by atoms with E-state index in [2.05, 4.69) is 5.32 Å². The zero-order valence-corrected chi connectivity index (χ0v) is 12.5.